The van der Waals surface area contributed by atoms with Gasteiger partial charge in [0.05, 0.1) is 39.0 Å². The van der Waals surface area contributed by atoms with E-state index in [4.69, 9.17) is 9.47 Å². The van der Waals surface area contributed by atoms with Crippen LogP contribution in [0.5, 0.6) is 5.75 Å². The minimum Gasteiger partial charge on any atom is -0.496 e. The third kappa shape index (κ3) is 4.70. The first kappa shape index (κ1) is 18.1. The second-order valence-electron chi connectivity index (χ2n) is 6.17. The second-order valence-corrected chi connectivity index (χ2v) is 6.17. The van der Waals surface area contributed by atoms with Gasteiger partial charge in [-0.1, -0.05) is 18.2 Å². The predicted octanol–water partition coefficient (Wildman–Crippen LogP) is 1.49. The van der Waals surface area contributed by atoms with Gasteiger partial charge < -0.3 is 19.7 Å². The summed E-state index contributed by atoms with van der Waals surface area (Å²) in [5, 5.41) is 2.93. The maximum absolute atomic E-state index is 12.3. The van der Waals surface area contributed by atoms with Crippen molar-refractivity contribution in [3.8, 4) is 5.75 Å². The fourth-order valence-electron chi connectivity index (χ4n) is 2.89. The lowest BCUT2D eigenvalue weighted by molar-refractivity contribution is -0.120. The van der Waals surface area contributed by atoms with Gasteiger partial charge >= 0.3 is 0 Å². The Kier molecular flexibility index (Phi) is 6.01. The number of rotatable bonds is 6. The molecular formula is C19H24N4O3. The fraction of sp³-hybridized carbons (Fsp3) is 0.421. The zero-order valence-corrected chi connectivity index (χ0v) is 15.2. The minimum atomic E-state index is -0.0707. The minimum absolute atomic E-state index is 0.0707. The van der Waals surface area contributed by atoms with Gasteiger partial charge in [-0.05, 0) is 19.1 Å². The standard InChI is InChI=1S/C19H24N4O3/c1-14-11-16(22-19(21-14)23-7-9-26-10-8-23)13-20-18(24)12-15-5-3-4-6-17(15)25-2/h3-6,11H,7-10,12-13H2,1-2H3,(H,20,24). The van der Waals surface area contributed by atoms with Crippen LogP contribution in [0.2, 0.25) is 0 Å². The first-order chi connectivity index (χ1) is 12.7. The number of carbonyl (C=O) groups excluding carboxylic acids is 1. The van der Waals surface area contributed by atoms with Gasteiger partial charge in [-0.3, -0.25) is 4.79 Å². The molecular weight excluding hydrogens is 332 g/mol. The SMILES string of the molecule is COc1ccccc1CC(=O)NCc1cc(C)nc(N2CCOCC2)n1. The number of nitrogens with zero attached hydrogens (tertiary/aromatic N) is 3. The van der Waals surface area contributed by atoms with Gasteiger partial charge in [0.2, 0.25) is 11.9 Å². The monoisotopic (exact) mass is 356 g/mol. The van der Waals surface area contributed by atoms with Crippen molar-refractivity contribution in [2.45, 2.75) is 19.9 Å². The van der Waals surface area contributed by atoms with E-state index in [9.17, 15) is 4.79 Å². The Morgan fingerprint density at radius 2 is 2.04 bits per heavy atom. The molecule has 7 heteroatoms. The molecule has 2 heterocycles. The summed E-state index contributed by atoms with van der Waals surface area (Å²) in [5.41, 5.74) is 2.54. The van der Waals surface area contributed by atoms with E-state index in [-0.39, 0.29) is 12.3 Å². The third-order valence-corrected chi connectivity index (χ3v) is 4.20. The summed E-state index contributed by atoms with van der Waals surface area (Å²) in [4.78, 5) is 23.5. The highest BCUT2D eigenvalue weighted by atomic mass is 16.5. The number of anilines is 1. The summed E-state index contributed by atoms with van der Waals surface area (Å²) < 4.78 is 10.7. The van der Waals surface area contributed by atoms with E-state index in [1.807, 2.05) is 37.3 Å². The topological polar surface area (TPSA) is 76.6 Å². The van der Waals surface area contributed by atoms with Gasteiger partial charge in [0.15, 0.2) is 0 Å². The van der Waals surface area contributed by atoms with Crippen molar-refractivity contribution < 1.29 is 14.3 Å². The van der Waals surface area contributed by atoms with Gasteiger partial charge in [0, 0.05) is 24.3 Å². The van der Waals surface area contributed by atoms with E-state index in [2.05, 4.69) is 20.2 Å². The molecule has 1 aromatic carbocycles. The first-order valence-electron chi connectivity index (χ1n) is 8.71. The highest BCUT2D eigenvalue weighted by Crippen LogP contribution is 2.17. The van der Waals surface area contributed by atoms with Gasteiger partial charge in [0.25, 0.3) is 0 Å². The Morgan fingerprint density at radius 3 is 2.81 bits per heavy atom. The van der Waals surface area contributed by atoms with Crippen LogP contribution in [0.25, 0.3) is 0 Å². The highest BCUT2D eigenvalue weighted by Gasteiger charge is 2.15. The van der Waals surface area contributed by atoms with Crippen LogP contribution >= 0.6 is 0 Å². The van der Waals surface area contributed by atoms with E-state index >= 15 is 0 Å². The zero-order valence-electron chi connectivity index (χ0n) is 15.2. The predicted molar refractivity (Wildman–Crippen MR) is 98.3 cm³/mol. The second kappa shape index (κ2) is 8.62. The molecule has 0 saturated carbocycles. The normalized spacial score (nSPS) is 14.2. The molecule has 0 unspecified atom stereocenters. The van der Waals surface area contributed by atoms with Crippen LogP contribution in [0.4, 0.5) is 5.95 Å². The number of benzene rings is 1. The van der Waals surface area contributed by atoms with Gasteiger partial charge in [-0.2, -0.15) is 0 Å². The van der Waals surface area contributed by atoms with E-state index in [0.29, 0.717) is 25.7 Å². The number of morpholine rings is 1. The van der Waals surface area contributed by atoms with E-state index < -0.39 is 0 Å². The fourth-order valence-corrected chi connectivity index (χ4v) is 2.89. The van der Waals surface area contributed by atoms with Crippen LogP contribution in [-0.2, 0) is 22.5 Å². The number of hydrogen-bond donors (Lipinski definition) is 1. The summed E-state index contributed by atoms with van der Waals surface area (Å²) in [6, 6.07) is 9.42. The number of aromatic nitrogens is 2. The van der Waals surface area contributed by atoms with E-state index in [1.54, 1.807) is 7.11 Å². The molecule has 3 rings (SSSR count). The van der Waals surface area contributed by atoms with E-state index in [0.717, 1.165) is 35.8 Å². The molecule has 7 nitrogen and oxygen atoms in total. The molecule has 1 aliphatic heterocycles. The van der Waals surface area contributed by atoms with Gasteiger partial charge in [-0.25, -0.2) is 9.97 Å². The molecule has 0 spiro atoms. The molecule has 1 aromatic heterocycles. The van der Waals surface area contributed by atoms with Crippen LogP contribution in [-0.4, -0.2) is 49.3 Å². The number of methoxy groups -OCH3 is 1. The Morgan fingerprint density at radius 1 is 1.27 bits per heavy atom. The van der Waals surface area contributed by atoms with E-state index in [1.165, 1.54) is 0 Å². The lowest BCUT2D eigenvalue weighted by atomic mass is 10.1. The van der Waals surface area contributed by atoms with Crippen molar-refractivity contribution >= 4 is 11.9 Å². The molecule has 2 aromatic rings. The smallest absolute Gasteiger partial charge is 0.225 e. The number of ether oxygens (including phenoxy) is 2. The maximum atomic E-state index is 12.3. The molecule has 138 valence electrons. The van der Waals surface area contributed by atoms with Crippen molar-refractivity contribution in [2.24, 2.45) is 0 Å². The molecule has 1 N–H and O–H groups in total. The van der Waals surface area contributed by atoms with Crippen LogP contribution < -0.4 is 15.0 Å². The Hall–Kier alpha value is -2.67. The third-order valence-electron chi connectivity index (χ3n) is 4.20. The molecule has 26 heavy (non-hydrogen) atoms. The average molecular weight is 356 g/mol. The summed E-state index contributed by atoms with van der Waals surface area (Å²) in [6.07, 6.45) is 0.268. The number of hydrogen-bond acceptors (Lipinski definition) is 6. The summed E-state index contributed by atoms with van der Waals surface area (Å²) in [6.45, 7) is 5.23. The first-order valence-corrected chi connectivity index (χ1v) is 8.71. The van der Waals surface area contributed by atoms with Crippen molar-refractivity contribution in [3.63, 3.8) is 0 Å². The molecule has 1 aliphatic rings. The summed E-state index contributed by atoms with van der Waals surface area (Å²) in [7, 11) is 1.60. The van der Waals surface area contributed by atoms with Crippen molar-refractivity contribution in [3.05, 3.63) is 47.3 Å². The lowest BCUT2D eigenvalue weighted by Gasteiger charge is -2.27. The average Bonchev–Trinajstić information content (AvgIpc) is 2.67. The Labute approximate surface area is 153 Å². The van der Waals surface area contributed by atoms with Gasteiger partial charge in [0.1, 0.15) is 5.75 Å². The number of para-hydroxylation sites is 1. The van der Waals surface area contributed by atoms with Crippen molar-refractivity contribution in [1.29, 1.82) is 0 Å². The number of nitrogens with one attached hydrogen (secondary N) is 1. The molecule has 1 fully saturated rings. The number of amides is 1. The Bertz CT molecular complexity index is 760. The molecule has 0 radical (unpaired) electrons. The Balaban J connectivity index is 1.62. The van der Waals surface area contributed by atoms with Crippen LogP contribution in [0, 0.1) is 6.92 Å². The molecule has 0 bridgehead atoms. The molecule has 1 saturated heterocycles. The largest absolute Gasteiger partial charge is 0.496 e. The van der Waals surface area contributed by atoms with Crippen molar-refractivity contribution in [1.82, 2.24) is 15.3 Å². The summed E-state index contributed by atoms with van der Waals surface area (Å²) in [5.74, 6) is 1.34. The van der Waals surface area contributed by atoms with Gasteiger partial charge in [-0.15, -0.1) is 0 Å². The quantitative estimate of drug-likeness (QED) is 0.845. The lowest BCUT2D eigenvalue weighted by Crippen LogP contribution is -2.37. The summed E-state index contributed by atoms with van der Waals surface area (Å²) >= 11 is 0. The molecule has 0 atom stereocenters. The zero-order chi connectivity index (χ0) is 18.4. The van der Waals surface area contributed by atoms with Crippen LogP contribution in [0.15, 0.2) is 30.3 Å². The van der Waals surface area contributed by atoms with Crippen LogP contribution in [0.1, 0.15) is 17.0 Å². The number of carbonyl (C=O) groups is 1. The number of aryl methyl sites for hydroxylation is 1. The highest BCUT2D eigenvalue weighted by molar-refractivity contribution is 5.79. The van der Waals surface area contributed by atoms with Crippen molar-refractivity contribution in [2.75, 3.05) is 38.3 Å². The van der Waals surface area contributed by atoms with Crippen LogP contribution in [0.3, 0.4) is 0 Å². The maximum Gasteiger partial charge on any atom is 0.225 e. The molecule has 1 amide bonds. The molecule has 0 aliphatic carbocycles.